The van der Waals surface area contributed by atoms with E-state index in [1.165, 1.54) is 0 Å². The lowest BCUT2D eigenvalue weighted by atomic mass is 9.93. The Morgan fingerprint density at radius 1 is 1.17 bits per heavy atom. The van der Waals surface area contributed by atoms with Crippen molar-refractivity contribution in [3.63, 3.8) is 0 Å². The molecule has 0 N–H and O–H groups in total. The topological polar surface area (TPSA) is 0 Å². The summed E-state index contributed by atoms with van der Waals surface area (Å²) in [7, 11) is -1.25. The van der Waals surface area contributed by atoms with E-state index in [-0.39, 0.29) is 5.41 Å². The van der Waals surface area contributed by atoms with E-state index < -0.39 is 8.07 Å². The molecule has 0 aliphatic rings. The molecule has 0 bridgehead atoms. The summed E-state index contributed by atoms with van der Waals surface area (Å²) in [6, 6.07) is 0. The molecular weight excluding hydrogens is 180 g/mol. The lowest BCUT2D eigenvalue weighted by Crippen LogP contribution is -2.20. The van der Waals surface area contributed by atoms with E-state index in [2.05, 4.69) is 51.9 Å². The highest BCUT2D eigenvalue weighted by atomic mass is 32.1. The van der Waals surface area contributed by atoms with Crippen molar-refractivity contribution in [3.8, 4) is 11.5 Å². The predicted molar refractivity (Wildman–Crippen MR) is 63.2 cm³/mol. The van der Waals surface area contributed by atoms with Crippen LogP contribution in [0.15, 0.2) is 0 Å². The first-order chi connectivity index (χ1) is 5.13. The van der Waals surface area contributed by atoms with Crippen LogP contribution in [0.1, 0.15) is 20.8 Å². The molecule has 0 fully saturated rings. The van der Waals surface area contributed by atoms with Gasteiger partial charge >= 0.3 is 0 Å². The van der Waals surface area contributed by atoms with Gasteiger partial charge in [0.25, 0.3) is 0 Å². The van der Waals surface area contributed by atoms with Gasteiger partial charge in [0.15, 0.2) is 0 Å². The molecule has 0 nitrogen and oxygen atoms in total. The Hall–Kier alpha value is -0.133. The van der Waals surface area contributed by atoms with E-state index in [0.29, 0.717) is 0 Å². The van der Waals surface area contributed by atoms with Crippen LogP contribution in [0.5, 0.6) is 0 Å². The summed E-state index contributed by atoms with van der Waals surface area (Å²) in [5.41, 5.74) is 3.33. The summed E-state index contributed by atoms with van der Waals surface area (Å²) >= 11 is 5.21. The first-order valence-corrected chi connectivity index (χ1v) is 8.11. The van der Waals surface area contributed by atoms with Gasteiger partial charge in [-0.2, -0.15) is 0 Å². The molecule has 0 heterocycles. The fourth-order valence-corrected chi connectivity index (χ4v) is 1.07. The highest BCUT2D eigenvalue weighted by molar-refractivity contribution is 7.81. The Labute approximate surface area is 82.8 Å². The highest BCUT2D eigenvalue weighted by Crippen LogP contribution is 2.15. The van der Waals surface area contributed by atoms with Gasteiger partial charge in [0, 0.05) is 5.41 Å². The Morgan fingerprint density at radius 2 is 1.58 bits per heavy atom. The van der Waals surface area contributed by atoms with Crippen LogP contribution in [0, 0.1) is 16.9 Å². The number of thiocarbonyl (C=S) groups is 1. The molecule has 0 spiro atoms. The van der Waals surface area contributed by atoms with Crippen LogP contribution < -0.4 is 0 Å². The van der Waals surface area contributed by atoms with E-state index in [1.807, 2.05) is 0 Å². The molecule has 0 aromatic heterocycles. The Bertz CT molecular complexity index is 229. The van der Waals surface area contributed by atoms with Crippen molar-refractivity contribution in [2.45, 2.75) is 40.4 Å². The Kier molecular flexibility index (Phi) is 3.68. The summed E-state index contributed by atoms with van der Waals surface area (Å²) in [4.78, 5) is 0.880. The van der Waals surface area contributed by atoms with Crippen molar-refractivity contribution in [1.29, 1.82) is 0 Å². The molecule has 0 rings (SSSR count). The smallest absolute Gasteiger partial charge is 0.126 e. The molecule has 0 aromatic carbocycles. The molecule has 0 aliphatic heterocycles. The quantitative estimate of drug-likeness (QED) is 0.327. The van der Waals surface area contributed by atoms with Crippen molar-refractivity contribution in [1.82, 2.24) is 0 Å². The molecule has 0 aliphatic carbocycles. The summed E-state index contributed by atoms with van der Waals surface area (Å²) in [6.07, 6.45) is 0. The minimum Gasteiger partial charge on any atom is -0.126 e. The fourth-order valence-electron chi connectivity index (χ4n) is 0.432. The van der Waals surface area contributed by atoms with Crippen LogP contribution in [0.4, 0.5) is 0 Å². The standard InChI is InChI=1S/C10H18SSi/c1-10(2,3)9(11)7-8-12(4,5)6/h1-6H3. The average Bonchev–Trinajstić information content (AvgIpc) is 1.78. The van der Waals surface area contributed by atoms with Gasteiger partial charge in [-0.15, -0.1) is 5.54 Å². The number of hydrogen-bond donors (Lipinski definition) is 0. The van der Waals surface area contributed by atoms with Crippen molar-refractivity contribution >= 4 is 25.2 Å². The van der Waals surface area contributed by atoms with Gasteiger partial charge in [0.2, 0.25) is 0 Å². The molecular formula is C10H18SSi. The third-order valence-corrected chi connectivity index (χ3v) is 2.82. The summed E-state index contributed by atoms with van der Waals surface area (Å²) in [5, 5.41) is 0. The number of hydrogen-bond acceptors (Lipinski definition) is 1. The van der Waals surface area contributed by atoms with Crippen LogP contribution in [-0.4, -0.2) is 12.9 Å². The fraction of sp³-hybridized carbons (Fsp3) is 0.700. The molecule has 68 valence electrons. The first-order valence-electron chi connectivity index (χ1n) is 4.20. The number of rotatable bonds is 0. The van der Waals surface area contributed by atoms with Crippen LogP contribution in [-0.2, 0) is 0 Å². The maximum atomic E-state index is 5.21. The molecule has 12 heavy (non-hydrogen) atoms. The van der Waals surface area contributed by atoms with E-state index >= 15 is 0 Å². The van der Waals surface area contributed by atoms with Crippen LogP contribution in [0.3, 0.4) is 0 Å². The molecule has 0 saturated heterocycles. The van der Waals surface area contributed by atoms with E-state index in [0.717, 1.165) is 4.86 Å². The molecule has 2 heteroatoms. The molecule has 0 amide bonds. The van der Waals surface area contributed by atoms with Crippen LogP contribution in [0.2, 0.25) is 19.6 Å². The zero-order valence-corrected chi connectivity index (χ0v) is 10.7. The van der Waals surface area contributed by atoms with Gasteiger partial charge in [-0.3, -0.25) is 0 Å². The van der Waals surface area contributed by atoms with Crippen molar-refractivity contribution in [2.24, 2.45) is 5.41 Å². The summed E-state index contributed by atoms with van der Waals surface area (Å²) in [5.74, 6) is 3.11. The Morgan fingerprint density at radius 3 is 1.83 bits per heavy atom. The minimum atomic E-state index is -1.25. The van der Waals surface area contributed by atoms with E-state index in [4.69, 9.17) is 12.2 Å². The Balaban J connectivity index is 4.46. The van der Waals surface area contributed by atoms with E-state index in [1.54, 1.807) is 0 Å². The predicted octanol–water partition coefficient (Wildman–Crippen LogP) is 3.28. The summed E-state index contributed by atoms with van der Waals surface area (Å²) in [6.45, 7) is 13.0. The van der Waals surface area contributed by atoms with Crippen LogP contribution >= 0.6 is 12.2 Å². The minimum absolute atomic E-state index is 0.0575. The second-order valence-electron chi connectivity index (χ2n) is 5.08. The highest BCUT2D eigenvalue weighted by Gasteiger charge is 2.15. The molecule has 0 saturated carbocycles. The lowest BCUT2D eigenvalue weighted by molar-refractivity contribution is 0.605. The van der Waals surface area contributed by atoms with Gasteiger partial charge in [-0.05, 0) is 0 Å². The van der Waals surface area contributed by atoms with Gasteiger partial charge in [0.05, 0.1) is 4.86 Å². The zero-order chi connectivity index (χ0) is 9.99. The van der Waals surface area contributed by atoms with Crippen LogP contribution in [0.25, 0.3) is 0 Å². The van der Waals surface area contributed by atoms with Gasteiger partial charge in [-0.25, -0.2) is 0 Å². The van der Waals surface area contributed by atoms with Crippen molar-refractivity contribution in [3.05, 3.63) is 0 Å². The maximum absolute atomic E-state index is 5.21. The first kappa shape index (κ1) is 11.9. The lowest BCUT2D eigenvalue weighted by Gasteiger charge is -2.15. The second-order valence-corrected chi connectivity index (χ2v) is 10.2. The zero-order valence-electron chi connectivity index (χ0n) is 8.91. The average molecular weight is 198 g/mol. The van der Waals surface area contributed by atoms with Gasteiger partial charge in [0.1, 0.15) is 8.07 Å². The van der Waals surface area contributed by atoms with Gasteiger partial charge in [-0.1, -0.05) is 58.6 Å². The second kappa shape index (κ2) is 3.72. The van der Waals surface area contributed by atoms with Crippen molar-refractivity contribution < 1.29 is 0 Å². The van der Waals surface area contributed by atoms with Crippen molar-refractivity contribution in [2.75, 3.05) is 0 Å². The molecule has 0 unspecified atom stereocenters. The third-order valence-electron chi connectivity index (χ3n) is 1.23. The SMILES string of the molecule is CC(C)(C)C(=S)C#C[Si](C)(C)C. The monoisotopic (exact) mass is 198 g/mol. The third kappa shape index (κ3) is 5.51. The normalized spacial score (nSPS) is 11.8. The summed E-state index contributed by atoms with van der Waals surface area (Å²) < 4.78 is 0. The molecule has 0 atom stereocenters. The maximum Gasteiger partial charge on any atom is 0.129 e. The van der Waals surface area contributed by atoms with E-state index in [9.17, 15) is 0 Å². The van der Waals surface area contributed by atoms with Gasteiger partial charge < -0.3 is 0 Å². The largest absolute Gasteiger partial charge is 0.129 e. The molecule has 0 radical (unpaired) electrons. The molecule has 0 aromatic rings.